The summed E-state index contributed by atoms with van der Waals surface area (Å²) in [6, 6.07) is 22.2. The Kier molecular flexibility index (Phi) is 3.33. The van der Waals surface area contributed by atoms with Gasteiger partial charge in [-0.3, -0.25) is 0 Å². The minimum atomic E-state index is 0.203. The molecule has 0 aliphatic heterocycles. The molecular formula is C21H22. The van der Waals surface area contributed by atoms with E-state index in [2.05, 4.69) is 88.4 Å². The Morgan fingerprint density at radius 3 is 2.14 bits per heavy atom. The van der Waals surface area contributed by atoms with Gasteiger partial charge in [0.2, 0.25) is 0 Å². The van der Waals surface area contributed by atoms with Gasteiger partial charge in [0.05, 0.1) is 0 Å². The first-order chi connectivity index (χ1) is 9.95. The number of aryl methyl sites for hydroxylation is 1. The van der Waals surface area contributed by atoms with Gasteiger partial charge in [-0.15, -0.1) is 0 Å². The van der Waals surface area contributed by atoms with Crippen LogP contribution in [0, 0.1) is 6.92 Å². The van der Waals surface area contributed by atoms with Crippen molar-refractivity contribution in [2.75, 3.05) is 0 Å². The van der Waals surface area contributed by atoms with E-state index < -0.39 is 0 Å². The molecule has 0 saturated heterocycles. The van der Waals surface area contributed by atoms with Gasteiger partial charge in [-0.1, -0.05) is 87.0 Å². The summed E-state index contributed by atoms with van der Waals surface area (Å²) in [5.74, 6) is 0. The smallest absolute Gasteiger partial charge is 0.0105 e. The van der Waals surface area contributed by atoms with E-state index >= 15 is 0 Å². The highest BCUT2D eigenvalue weighted by Crippen LogP contribution is 2.31. The van der Waals surface area contributed by atoms with E-state index in [0.717, 1.165) is 0 Å². The fourth-order valence-corrected chi connectivity index (χ4v) is 2.80. The third kappa shape index (κ3) is 2.71. The average Bonchev–Trinajstić information content (AvgIpc) is 2.45. The van der Waals surface area contributed by atoms with Gasteiger partial charge < -0.3 is 0 Å². The van der Waals surface area contributed by atoms with Crippen molar-refractivity contribution in [2.45, 2.75) is 33.1 Å². The van der Waals surface area contributed by atoms with Crippen LogP contribution in [0.2, 0.25) is 0 Å². The average molecular weight is 274 g/mol. The molecule has 0 amide bonds. The summed E-state index contributed by atoms with van der Waals surface area (Å²) in [5.41, 5.74) is 5.49. The van der Waals surface area contributed by atoms with Crippen LogP contribution in [-0.4, -0.2) is 0 Å². The Bertz CT molecular complexity index is 771. The molecule has 0 heteroatoms. The molecule has 3 aromatic rings. The highest BCUT2D eigenvalue weighted by Gasteiger charge is 2.13. The lowest BCUT2D eigenvalue weighted by Crippen LogP contribution is -2.10. The molecule has 3 aromatic carbocycles. The Hall–Kier alpha value is -2.08. The van der Waals surface area contributed by atoms with Crippen molar-refractivity contribution in [1.29, 1.82) is 0 Å². The summed E-state index contributed by atoms with van der Waals surface area (Å²) in [4.78, 5) is 0. The summed E-state index contributed by atoms with van der Waals surface area (Å²) in [5, 5.41) is 2.64. The number of benzene rings is 3. The normalized spacial score (nSPS) is 11.8. The van der Waals surface area contributed by atoms with Crippen LogP contribution in [0.1, 0.15) is 31.9 Å². The van der Waals surface area contributed by atoms with Crippen molar-refractivity contribution in [3.63, 3.8) is 0 Å². The maximum Gasteiger partial charge on any atom is -0.0105 e. The molecule has 21 heavy (non-hydrogen) atoms. The van der Waals surface area contributed by atoms with Crippen LogP contribution < -0.4 is 0 Å². The van der Waals surface area contributed by atoms with Gasteiger partial charge in [0, 0.05) is 0 Å². The quantitative estimate of drug-likeness (QED) is 0.502. The molecule has 0 saturated carbocycles. The number of hydrogen-bond acceptors (Lipinski definition) is 0. The molecule has 0 aliphatic rings. The van der Waals surface area contributed by atoms with Crippen LogP contribution in [0.25, 0.3) is 21.9 Å². The number of hydrogen-bond donors (Lipinski definition) is 0. The fourth-order valence-electron chi connectivity index (χ4n) is 2.80. The molecule has 0 fully saturated rings. The van der Waals surface area contributed by atoms with Crippen LogP contribution in [0.4, 0.5) is 0 Å². The van der Waals surface area contributed by atoms with E-state index in [1.54, 1.807) is 0 Å². The Balaban J connectivity index is 2.12. The van der Waals surface area contributed by atoms with Crippen molar-refractivity contribution < 1.29 is 0 Å². The van der Waals surface area contributed by atoms with Crippen LogP contribution >= 0.6 is 0 Å². The highest BCUT2D eigenvalue weighted by molar-refractivity contribution is 5.96. The van der Waals surface area contributed by atoms with Gasteiger partial charge in [0.15, 0.2) is 0 Å². The highest BCUT2D eigenvalue weighted by atomic mass is 14.2. The molecule has 3 rings (SSSR count). The fraction of sp³-hybridized carbons (Fsp3) is 0.238. The third-order valence-corrected chi connectivity index (χ3v) is 4.10. The van der Waals surface area contributed by atoms with Crippen molar-refractivity contribution >= 4 is 10.8 Å². The van der Waals surface area contributed by atoms with Crippen molar-refractivity contribution in [3.8, 4) is 11.1 Å². The molecule has 0 bridgehead atoms. The van der Waals surface area contributed by atoms with Crippen molar-refractivity contribution in [3.05, 3.63) is 71.8 Å². The number of rotatable bonds is 1. The molecule has 0 radical (unpaired) electrons. The lowest BCUT2D eigenvalue weighted by Gasteiger charge is -2.19. The van der Waals surface area contributed by atoms with E-state index in [1.165, 1.54) is 33.0 Å². The Morgan fingerprint density at radius 1 is 0.762 bits per heavy atom. The zero-order valence-electron chi connectivity index (χ0n) is 13.3. The van der Waals surface area contributed by atoms with Gasteiger partial charge in [0.1, 0.15) is 0 Å². The van der Waals surface area contributed by atoms with Crippen LogP contribution in [0.15, 0.2) is 60.7 Å². The molecule has 0 aromatic heterocycles. The maximum absolute atomic E-state index is 2.25. The van der Waals surface area contributed by atoms with Gasteiger partial charge in [-0.25, -0.2) is 0 Å². The largest absolute Gasteiger partial charge is 0.0610 e. The third-order valence-electron chi connectivity index (χ3n) is 4.10. The molecule has 0 N–H and O–H groups in total. The SMILES string of the molecule is Cc1ccc2c(-c3ccc(C(C)(C)C)cc3)cccc2c1. The molecular weight excluding hydrogens is 252 g/mol. The van der Waals surface area contributed by atoms with Crippen LogP contribution in [0.5, 0.6) is 0 Å². The van der Waals surface area contributed by atoms with Crippen molar-refractivity contribution in [2.24, 2.45) is 0 Å². The first kappa shape index (κ1) is 13.9. The zero-order valence-corrected chi connectivity index (χ0v) is 13.3. The zero-order chi connectivity index (χ0) is 15.0. The van der Waals surface area contributed by atoms with E-state index in [9.17, 15) is 0 Å². The van der Waals surface area contributed by atoms with E-state index in [4.69, 9.17) is 0 Å². The molecule has 0 nitrogen and oxygen atoms in total. The Labute approximate surface area is 127 Å². The minimum absolute atomic E-state index is 0.203. The van der Waals surface area contributed by atoms with Crippen LogP contribution in [0.3, 0.4) is 0 Å². The van der Waals surface area contributed by atoms with Crippen molar-refractivity contribution in [1.82, 2.24) is 0 Å². The topological polar surface area (TPSA) is 0 Å². The first-order valence-corrected chi connectivity index (χ1v) is 7.55. The second-order valence-corrected chi connectivity index (χ2v) is 6.86. The molecule has 0 atom stereocenters. The van der Waals surface area contributed by atoms with Gasteiger partial charge in [-0.2, -0.15) is 0 Å². The summed E-state index contributed by atoms with van der Waals surface area (Å²) >= 11 is 0. The summed E-state index contributed by atoms with van der Waals surface area (Å²) < 4.78 is 0. The maximum atomic E-state index is 2.25. The first-order valence-electron chi connectivity index (χ1n) is 7.55. The summed E-state index contributed by atoms with van der Waals surface area (Å²) in [6.07, 6.45) is 0. The predicted molar refractivity (Wildman–Crippen MR) is 92.8 cm³/mol. The molecule has 0 spiro atoms. The van der Waals surface area contributed by atoms with Gasteiger partial charge >= 0.3 is 0 Å². The predicted octanol–water partition coefficient (Wildman–Crippen LogP) is 6.11. The minimum Gasteiger partial charge on any atom is -0.0610 e. The lowest BCUT2D eigenvalue weighted by atomic mass is 9.86. The summed E-state index contributed by atoms with van der Waals surface area (Å²) in [7, 11) is 0. The second-order valence-electron chi connectivity index (χ2n) is 6.86. The molecule has 0 unspecified atom stereocenters. The number of fused-ring (bicyclic) bond motifs is 1. The molecule has 106 valence electrons. The summed E-state index contributed by atoms with van der Waals surface area (Å²) in [6.45, 7) is 8.90. The molecule has 0 aliphatic carbocycles. The molecule has 0 heterocycles. The standard InChI is InChI=1S/C21H22/c1-15-8-13-20-17(14-15)6-5-7-19(20)16-9-11-18(12-10-16)21(2,3)4/h5-14H,1-4H3. The Morgan fingerprint density at radius 2 is 1.48 bits per heavy atom. The van der Waals surface area contributed by atoms with E-state index in [-0.39, 0.29) is 5.41 Å². The van der Waals surface area contributed by atoms with E-state index in [1.807, 2.05) is 0 Å². The van der Waals surface area contributed by atoms with Gasteiger partial charge in [-0.05, 0) is 39.8 Å². The van der Waals surface area contributed by atoms with Crippen LogP contribution in [-0.2, 0) is 5.41 Å². The lowest BCUT2D eigenvalue weighted by molar-refractivity contribution is 0.590. The second kappa shape index (κ2) is 5.04. The monoisotopic (exact) mass is 274 g/mol. The van der Waals surface area contributed by atoms with Gasteiger partial charge in [0.25, 0.3) is 0 Å². The van der Waals surface area contributed by atoms with E-state index in [0.29, 0.717) is 0 Å².